The molecule has 2 aromatic carbocycles. The largest absolute Gasteiger partial charge is 0.497 e. The zero-order valence-electron chi connectivity index (χ0n) is 15.3. The smallest absolute Gasteiger partial charge is 0.161 e. The van der Waals surface area contributed by atoms with Crippen molar-refractivity contribution < 1.29 is 14.2 Å². The number of benzene rings is 2. The molecule has 1 aromatic heterocycles. The van der Waals surface area contributed by atoms with E-state index in [4.69, 9.17) is 14.2 Å². The Balaban J connectivity index is 2.06. The van der Waals surface area contributed by atoms with Crippen LogP contribution in [0.5, 0.6) is 17.2 Å². The van der Waals surface area contributed by atoms with Gasteiger partial charge in [-0.25, -0.2) is 0 Å². The van der Waals surface area contributed by atoms with E-state index in [1.165, 1.54) is 11.1 Å². The summed E-state index contributed by atoms with van der Waals surface area (Å²) in [7, 11) is 4.97. The maximum Gasteiger partial charge on any atom is 0.161 e. The fraction of sp³-hybridized carbons (Fsp3) is 0.238. The third-order valence-corrected chi connectivity index (χ3v) is 4.61. The molecule has 4 heteroatoms. The van der Waals surface area contributed by atoms with Crippen LogP contribution in [-0.2, 0) is 0 Å². The van der Waals surface area contributed by atoms with E-state index in [1.54, 1.807) is 21.3 Å². The molecule has 0 radical (unpaired) electrons. The average molecular weight is 337 g/mol. The van der Waals surface area contributed by atoms with Gasteiger partial charge in [0.15, 0.2) is 11.5 Å². The SMILES string of the molecule is COc1ccc(-c2[nH]c(-c3ccc(OC)c(OC)c3)c(C)c2C)cc1. The lowest BCUT2D eigenvalue weighted by Crippen LogP contribution is -1.91. The van der Waals surface area contributed by atoms with Gasteiger partial charge in [0, 0.05) is 17.0 Å². The standard InChI is InChI=1S/C21H23NO3/c1-13-14(2)21(16-8-11-18(24-4)19(12-16)25-5)22-20(13)15-6-9-17(23-3)10-7-15/h6-12,22H,1-5H3. The molecule has 3 aromatic rings. The van der Waals surface area contributed by atoms with Crippen molar-refractivity contribution in [1.29, 1.82) is 0 Å². The van der Waals surface area contributed by atoms with E-state index in [2.05, 4.69) is 31.0 Å². The van der Waals surface area contributed by atoms with Crippen molar-refractivity contribution in [2.45, 2.75) is 13.8 Å². The first-order chi connectivity index (χ1) is 12.1. The van der Waals surface area contributed by atoms with Crippen LogP contribution in [0.4, 0.5) is 0 Å². The average Bonchev–Trinajstić information content (AvgIpc) is 2.96. The lowest BCUT2D eigenvalue weighted by Gasteiger charge is -2.09. The molecule has 0 aliphatic rings. The molecule has 1 N–H and O–H groups in total. The molecule has 0 saturated carbocycles. The zero-order chi connectivity index (χ0) is 18.0. The van der Waals surface area contributed by atoms with Gasteiger partial charge in [0.05, 0.1) is 21.3 Å². The number of rotatable bonds is 5. The minimum Gasteiger partial charge on any atom is -0.497 e. The number of hydrogen-bond acceptors (Lipinski definition) is 3. The number of methoxy groups -OCH3 is 3. The molecule has 0 amide bonds. The molecule has 0 spiro atoms. The van der Waals surface area contributed by atoms with E-state index in [1.807, 2.05) is 30.3 Å². The summed E-state index contributed by atoms with van der Waals surface area (Å²) in [6, 6.07) is 14.0. The minimum absolute atomic E-state index is 0.720. The number of H-pyrrole nitrogens is 1. The van der Waals surface area contributed by atoms with Crippen LogP contribution in [0.3, 0.4) is 0 Å². The predicted octanol–water partition coefficient (Wildman–Crippen LogP) is 4.99. The molecule has 0 atom stereocenters. The number of nitrogens with one attached hydrogen (secondary N) is 1. The topological polar surface area (TPSA) is 43.5 Å². The van der Waals surface area contributed by atoms with E-state index in [-0.39, 0.29) is 0 Å². The van der Waals surface area contributed by atoms with Gasteiger partial charge in [-0.15, -0.1) is 0 Å². The highest BCUT2D eigenvalue weighted by molar-refractivity contribution is 5.76. The normalized spacial score (nSPS) is 10.6. The summed E-state index contributed by atoms with van der Waals surface area (Å²) in [6.07, 6.45) is 0. The number of hydrogen-bond donors (Lipinski definition) is 1. The summed E-state index contributed by atoms with van der Waals surface area (Å²) in [5.41, 5.74) is 6.85. The lowest BCUT2D eigenvalue weighted by atomic mass is 10.0. The van der Waals surface area contributed by atoms with Crippen molar-refractivity contribution in [1.82, 2.24) is 4.98 Å². The van der Waals surface area contributed by atoms with E-state index in [9.17, 15) is 0 Å². The summed E-state index contributed by atoms with van der Waals surface area (Å²) in [5, 5.41) is 0. The van der Waals surface area contributed by atoms with Crippen LogP contribution < -0.4 is 14.2 Å². The third-order valence-electron chi connectivity index (χ3n) is 4.61. The molecule has 0 saturated heterocycles. The van der Waals surface area contributed by atoms with Crippen molar-refractivity contribution >= 4 is 0 Å². The van der Waals surface area contributed by atoms with E-state index in [0.717, 1.165) is 39.8 Å². The van der Waals surface area contributed by atoms with E-state index < -0.39 is 0 Å². The second kappa shape index (κ2) is 6.93. The highest BCUT2D eigenvalue weighted by Gasteiger charge is 2.15. The molecule has 25 heavy (non-hydrogen) atoms. The van der Waals surface area contributed by atoms with Gasteiger partial charge in [-0.05, 0) is 73.0 Å². The molecule has 3 rings (SSSR count). The second-order valence-electron chi connectivity index (χ2n) is 5.92. The Kier molecular flexibility index (Phi) is 4.70. The molecule has 0 aliphatic heterocycles. The fourth-order valence-corrected chi connectivity index (χ4v) is 3.01. The molecule has 0 unspecified atom stereocenters. The zero-order valence-corrected chi connectivity index (χ0v) is 15.3. The monoisotopic (exact) mass is 337 g/mol. The second-order valence-corrected chi connectivity index (χ2v) is 5.92. The van der Waals surface area contributed by atoms with Gasteiger partial charge in [-0.2, -0.15) is 0 Å². The Bertz CT molecular complexity index is 879. The Hall–Kier alpha value is -2.88. The third kappa shape index (κ3) is 3.07. The lowest BCUT2D eigenvalue weighted by molar-refractivity contribution is 0.355. The number of aromatic amines is 1. The quantitative estimate of drug-likeness (QED) is 0.713. The van der Waals surface area contributed by atoms with Gasteiger partial charge in [0.25, 0.3) is 0 Å². The minimum atomic E-state index is 0.720. The summed E-state index contributed by atoms with van der Waals surface area (Å²) in [5.74, 6) is 2.30. The maximum atomic E-state index is 5.43. The first-order valence-electron chi connectivity index (χ1n) is 8.15. The van der Waals surface area contributed by atoms with Gasteiger partial charge in [-0.3, -0.25) is 0 Å². The van der Waals surface area contributed by atoms with Crippen LogP contribution in [-0.4, -0.2) is 26.3 Å². The highest BCUT2D eigenvalue weighted by Crippen LogP contribution is 2.37. The molecule has 130 valence electrons. The molecule has 0 aliphatic carbocycles. The van der Waals surface area contributed by atoms with Crippen molar-refractivity contribution in [3.8, 4) is 39.8 Å². The van der Waals surface area contributed by atoms with Gasteiger partial charge in [-0.1, -0.05) is 0 Å². The number of ether oxygens (including phenoxy) is 3. The predicted molar refractivity (Wildman–Crippen MR) is 101 cm³/mol. The Morgan fingerprint density at radius 3 is 1.76 bits per heavy atom. The Morgan fingerprint density at radius 1 is 0.640 bits per heavy atom. The molecule has 4 nitrogen and oxygen atoms in total. The van der Waals surface area contributed by atoms with E-state index >= 15 is 0 Å². The van der Waals surface area contributed by atoms with Crippen LogP contribution in [0.15, 0.2) is 42.5 Å². The van der Waals surface area contributed by atoms with Crippen LogP contribution >= 0.6 is 0 Å². The Labute approximate surface area is 148 Å². The van der Waals surface area contributed by atoms with Gasteiger partial charge in [0.1, 0.15) is 5.75 Å². The maximum absolute atomic E-state index is 5.43. The molecule has 0 fully saturated rings. The van der Waals surface area contributed by atoms with Gasteiger partial charge in [0.2, 0.25) is 0 Å². The molecule has 0 bridgehead atoms. The van der Waals surface area contributed by atoms with Crippen LogP contribution in [0, 0.1) is 13.8 Å². The van der Waals surface area contributed by atoms with Crippen LogP contribution in [0.2, 0.25) is 0 Å². The van der Waals surface area contributed by atoms with Gasteiger partial charge < -0.3 is 19.2 Å². The van der Waals surface area contributed by atoms with Crippen LogP contribution in [0.25, 0.3) is 22.5 Å². The first-order valence-corrected chi connectivity index (χ1v) is 8.15. The molecular weight excluding hydrogens is 314 g/mol. The van der Waals surface area contributed by atoms with Crippen molar-refractivity contribution in [2.24, 2.45) is 0 Å². The first kappa shape index (κ1) is 17.0. The summed E-state index contributed by atoms with van der Waals surface area (Å²) < 4.78 is 16.0. The molecular formula is C21H23NO3. The summed E-state index contributed by atoms with van der Waals surface area (Å²) in [6.45, 7) is 4.26. The summed E-state index contributed by atoms with van der Waals surface area (Å²) >= 11 is 0. The fourth-order valence-electron chi connectivity index (χ4n) is 3.01. The Morgan fingerprint density at radius 2 is 1.20 bits per heavy atom. The van der Waals surface area contributed by atoms with E-state index in [0.29, 0.717) is 0 Å². The van der Waals surface area contributed by atoms with Gasteiger partial charge >= 0.3 is 0 Å². The highest BCUT2D eigenvalue weighted by atomic mass is 16.5. The van der Waals surface area contributed by atoms with Crippen molar-refractivity contribution in [2.75, 3.05) is 21.3 Å². The molecule has 1 heterocycles. The van der Waals surface area contributed by atoms with Crippen LogP contribution in [0.1, 0.15) is 11.1 Å². The number of aromatic nitrogens is 1. The summed E-state index contributed by atoms with van der Waals surface area (Å²) in [4.78, 5) is 3.57. The van der Waals surface area contributed by atoms with Crippen molar-refractivity contribution in [3.63, 3.8) is 0 Å². The van der Waals surface area contributed by atoms with Crippen molar-refractivity contribution in [3.05, 3.63) is 53.6 Å².